The highest BCUT2D eigenvalue weighted by Crippen LogP contribution is 2.32. The molecule has 7 nitrogen and oxygen atoms in total. The average Bonchev–Trinajstić information content (AvgIpc) is 2.91. The van der Waals surface area contributed by atoms with E-state index in [-0.39, 0.29) is 28.2 Å². The molecule has 36 heavy (non-hydrogen) atoms. The molecule has 4 rings (SSSR count). The van der Waals surface area contributed by atoms with E-state index in [2.05, 4.69) is 0 Å². The minimum absolute atomic E-state index is 0.0632. The van der Waals surface area contributed by atoms with E-state index in [0.29, 0.717) is 24.7 Å². The number of hydrogen-bond donors (Lipinski definition) is 0. The van der Waals surface area contributed by atoms with E-state index in [0.717, 1.165) is 43.2 Å². The zero-order valence-electron chi connectivity index (χ0n) is 20.2. The lowest BCUT2D eigenvalue weighted by Crippen LogP contribution is -2.41. The Morgan fingerprint density at radius 1 is 1.00 bits per heavy atom. The third-order valence-electron chi connectivity index (χ3n) is 6.49. The Hall–Kier alpha value is -3.58. The standard InChI is InChI=1S/C28H29ClN2O5/c1-35-26-15-12-21(16-27(26)36-19-20-8-4-2-5-9-20)18-30(22-10-6-3-7-11-22)28(32)24-14-13-23(31(33)34)17-25(24)29/h2,4-5,8-9,12-17,22H,3,6-7,10-11,18-19H2,1H3. The number of nitro groups is 1. The summed E-state index contributed by atoms with van der Waals surface area (Å²) in [7, 11) is 1.60. The molecule has 188 valence electrons. The molecule has 0 aromatic heterocycles. The van der Waals surface area contributed by atoms with Crippen molar-refractivity contribution in [3.8, 4) is 11.5 Å². The second-order valence-corrected chi connectivity index (χ2v) is 9.31. The lowest BCUT2D eigenvalue weighted by molar-refractivity contribution is -0.384. The van der Waals surface area contributed by atoms with Crippen molar-refractivity contribution in [2.24, 2.45) is 0 Å². The van der Waals surface area contributed by atoms with E-state index in [9.17, 15) is 14.9 Å². The van der Waals surface area contributed by atoms with Gasteiger partial charge in [-0.1, -0.05) is 67.3 Å². The topological polar surface area (TPSA) is 81.9 Å². The number of ether oxygens (including phenoxy) is 2. The molecule has 0 aliphatic heterocycles. The molecule has 0 atom stereocenters. The Morgan fingerprint density at radius 3 is 2.42 bits per heavy atom. The maximum atomic E-state index is 13.7. The lowest BCUT2D eigenvalue weighted by Gasteiger charge is -2.35. The molecule has 3 aromatic rings. The van der Waals surface area contributed by atoms with Gasteiger partial charge in [0.15, 0.2) is 11.5 Å². The first kappa shape index (κ1) is 25.5. The van der Waals surface area contributed by atoms with Gasteiger partial charge in [0.1, 0.15) is 6.61 Å². The number of halogens is 1. The van der Waals surface area contributed by atoms with Gasteiger partial charge < -0.3 is 14.4 Å². The van der Waals surface area contributed by atoms with Crippen molar-refractivity contribution >= 4 is 23.2 Å². The molecule has 0 spiro atoms. The largest absolute Gasteiger partial charge is 0.493 e. The van der Waals surface area contributed by atoms with Crippen LogP contribution in [-0.4, -0.2) is 28.9 Å². The highest BCUT2D eigenvalue weighted by molar-refractivity contribution is 6.34. The summed E-state index contributed by atoms with van der Waals surface area (Å²) < 4.78 is 11.6. The molecular weight excluding hydrogens is 480 g/mol. The van der Waals surface area contributed by atoms with Gasteiger partial charge in [0.2, 0.25) is 0 Å². The number of amides is 1. The van der Waals surface area contributed by atoms with Crippen LogP contribution in [0.4, 0.5) is 5.69 Å². The summed E-state index contributed by atoms with van der Waals surface area (Å²) in [6.07, 6.45) is 5.07. The third-order valence-corrected chi connectivity index (χ3v) is 6.80. The molecule has 0 radical (unpaired) electrons. The van der Waals surface area contributed by atoms with Crippen molar-refractivity contribution < 1.29 is 19.2 Å². The monoisotopic (exact) mass is 508 g/mol. The molecule has 0 heterocycles. The van der Waals surface area contributed by atoms with Crippen molar-refractivity contribution in [1.82, 2.24) is 4.90 Å². The molecule has 0 unspecified atom stereocenters. The second kappa shape index (κ2) is 11.9. The van der Waals surface area contributed by atoms with Crippen molar-refractivity contribution in [1.29, 1.82) is 0 Å². The number of non-ortho nitro benzene ring substituents is 1. The summed E-state index contributed by atoms with van der Waals surface area (Å²) in [6, 6.07) is 19.6. The summed E-state index contributed by atoms with van der Waals surface area (Å²) in [5.74, 6) is 0.983. The van der Waals surface area contributed by atoms with E-state index < -0.39 is 4.92 Å². The molecule has 1 amide bonds. The molecule has 1 saturated carbocycles. The van der Waals surface area contributed by atoms with Crippen LogP contribution in [0.1, 0.15) is 53.6 Å². The Kier molecular flexibility index (Phi) is 8.44. The van der Waals surface area contributed by atoms with Gasteiger partial charge in [-0.05, 0) is 42.2 Å². The molecule has 0 saturated heterocycles. The van der Waals surface area contributed by atoms with Gasteiger partial charge in [-0.2, -0.15) is 0 Å². The fourth-order valence-electron chi connectivity index (χ4n) is 4.57. The minimum atomic E-state index is -0.520. The smallest absolute Gasteiger partial charge is 0.270 e. The predicted octanol–water partition coefficient (Wildman–Crippen LogP) is 6.81. The Bertz CT molecular complexity index is 1210. The van der Waals surface area contributed by atoms with Gasteiger partial charge in [-0.15, -0.1) is 0 Å². The Labute approximate surface area is 215 Å². The zero-order valence-corrected chi connectivity index (χ0v) is 20.9. The van der Waals surface area contributed by atoms with Crippen molar-refractivity contribution in [3.63, 3.8) is 0 Å². The number of methoxy groups -OCH3 is 1. The molecule has 1 fully saturated rings. The average molecular weight is 509 g/mol. The normalized spacial score (nSPS) is 13.7. The fourth-order valence-corrected chi connectivity index (χ4v) is 4.83. The number of carbonyl (C=O) groups is 1. The van der Waals surface area contributed by atoms with E-state index in [1.807, 2.05) is 53.4 Å². The number of hydrogen-bond acceptors (Lipinski definition) is 5. The van der Waals surface area contributed by atoms with Gasteiger partial charge in [0.05, 0.1) is 22.6 Å². The van der Waals surface area contributed by atoms with Crippen LogP contribution in [0.15, 0.2) is 66.7 Å². The number of nitrogens with zero attached hydrogens (tertiary/aromatic N) is 2. The van der Waals surface area contributed by atoms with E-state index >= 15 is 0 Å². The molecule has 0 N–H and O–H groups in total. The van der Waals surface area contributed by atoms with Gasteiger partial charge in [0.25, 0.3) is 11.6 Å². The van der Waals surface area contributed by atoms with E-state index in [1.165, 1.54) is 18.2 Å². The van der Waals surface area contributed by atoms with Gasteiger partial charge in [0, 0.05) is 24.7 Å². The Morgan fingerprint density at radius 2 is 1.75 bits per heavy atom. The minimum Gasteiger partial charge on any atom is -0.493 e. The Balaban J connectivity index is 1.60. The van der Waals surface area contributed by atoms with Crippen molar-refractivity contribution in [2.75, 3.05) is 7.11 Å². The van der Waals surface area contributed by atoms with Crippen LogP contribution in [0.25, 0.3) is 0 Å². The van der Waals surface area contributed by atoms with Gasteiger partial charge >= 0.3 is 0 Å². The molecule has 8 heteroatoms. The summed E-state index contributed by atoms with van der Waals surface area (Å²) in [4.78, 5) is 26.1. The van der Waals surface area contributed by atoms with Crippen LogP contribution in [0.3, 0.4) is 0 Å². The van der Waals surface area contributed by atoms with Crippen LogP contribution >= 0.6 is 11.6 Å². The first-order valence-electron chi connectivity index (χ1n) is 12.0. The summed E-state index contributed by atoms with van der Waals surface area (Å²) >= 11 is 6.33. The van der Waals surface area contributed by atoms with Gasteiger partial charge in [-0.25, -0.2) is 0 Å². The first-order valence-corrected chi connectivity index (χ1v) is 12.4. The van der Waals surface area contributed by atoms with Crippen LogP contribution in [0.2, 0.25) is 5.02 Å². The van der Waals surface area contributed by atoms with Crippen LogP contribution in [-0.2, 0) is 13.2 Å². The molecular formula is C28H29ClN2O5. The summed E-state index contributed by atoms with van der Waals surface area (Å²) in [5, 5.41) is 11.2. The predicted molar refractivity (Wildman–Crippen MR) is 139 cm³/mol. The lowest BCUT2D eigenvalue weighted by atomic mass is 9.93. The van der Waals surface area contributed by atoms with E-state index in [1.54, 1.807) is 7.11 Å². The third kappa shape index (κ3) is 6.15. The zero-order chi connectivity index (χ0) is 25.5. The van der Waals surface area contributed by atoms with Crippen molar-refractivity contribution in [2.45, 2.75) is 51.3 Å². The van der Waals surface area contributed by atoms with Gasteiger partial charge in [-0.3, -0.25) is 14.9 Å². The molecule has 1 aliphatic rings. The molecule has 0 bridgehead atoms. The SMILES string of the molecule is COc1ccc(CN(C(=O)c2ccc([N+](=O)[O-])cc2Cl)C2CCCCC2)cc1OCc1ccccc1. The van der Waals surface area contributed by atoms with Crippen LogP contribution in [0, 0.1) is 10.1 Å². The van der Waals surface area contributed by atoms with Crippen LogP contribution in [0.5, 0.6) is 11.5 Å². The quantitative estimate of drug-likeness (QED) is 0.234. The maximum absolute atomic E-state index is 13.7. The highest BCUT2D eigenvalue weighted by atomic mass is 35.5. The number of nitro benzene ring substituents is 1. The molecule has 1 aliphatic carbocycles. The molecule has 3 aromatic carbocycles. The summed E-state index contributed by atoms with van der Waals surface area (Å²) in [5.41, 5.74) is 2.06. The second-order valence-electron chi connectivity index (χ2n) is 8.91. The fraction of sp³-hybridized carbons (Fsp3) is 0.321. The number of carbonyl (C=O) groups excluding carboxylic acids is 1. The summed E-state index contributed by atoms with van der Waals surface area (Å²) in [6.45, 7) is 0.757. The maximum Gasteiger partial charge on any atom is 0.270 e. The van der Waals surface area contributed by atoms with Crippen LogP contribution < -0.4 is 9.47 Å². The first-order chi connectivity index (χ1) is 17.5. The number of benzene rings is 3. The van der Waals surface area contributed by atoms with E-state index in [4.69, 9.17) is 21.1 Å². The highest BCUT2D eigenvalue weighted by Gasteiger charge is 2.28. The van der Waals surface area contributed by atoms with Crippen molar-refractivity contribution in [3.05, 3.63) is 98.6 Å². The number of rotatable bonds is 9.